The minimum absolute atomic E-state index is 0.483. The zero-order valence-electron chi connectivity index (χ0n) is 9.82. The van der Waals surface area contributed by atoms with Crippen LogP contribution in [0.3, 0.4) is 0 Å². The van der Waals surface area contributed by atoms with Crippen molar-refractivity contribution in [3.63, 3.8) is 0 Å². The molecule has 2 unspecified atom stereocenters. The van der Waals surface area contributed by atoms with E-state index in [1.807, 2.05) is 11.8 Å². The van der Waals surface area contributed by atoms with E-state index in [4.69, 9.17) is 5.73 Å². The lowest BCUT2D eigenvalue weighted by Gasteiger charge is -2.48. The van der Waals surface area contributed by atoms with Gasteiger partial charge < -0.3 is 5.73 Å². The topological polar surface area (TPSA) is 29.3 Å². The van der Waals surface area contributed by atoms with Crippen molar-refractivity contribution in [1.82, 2.24) is 4.90 Å². The van der Waals surface area contributed by atoms with Gasteiger partial charge in [0, 0.05) is 18.1 Å². The van der Waals surface area contributed by atoms with Gasteiger partial charge in [0.25, 0.3) is 0 Å². The van der Waals surface area contributed by atoms with Crippen molar-refractivity contribution in [1.29, 1.82) is 0 Å². The van der Waals surface area contributed by atoms with Gasteiger partial charge in [0.15, 0.2) is 0 Å². The molecule has 2 heterocycles. The Hall–Kier alpha value is 0.270. The van der Waals surface area contributed by atoms with Gasteiger partial charge >= 0.3 is 0 Å². The van der Waals surface area contributed by atoms with E-state index in [2.05, 4.69) is 11.2 Å². The summed E-state index contributed by atoms with van der Waals surface area (Å²) in [5, 5.41) is 0. The Balaban J connectivity index is 1.86. The predicted octanol–water partition coefficient (Wildman–Crippen LogP) is 2.08. The summed E-state index contributed by atoms with van der Waals surface area (Å²) in [5.74, 6) is 1.31. The minimum Gasteiger partial charge on any atom is -0.328 e. The number of nitrogens with zero attached hydrogens (tertiary/aromatic N) is 1. The van der Waals surface area contributed by atoms with E-state index in [0.717, 1.165) is 12.1 Å². The Bertz CT molecular complexity index is 184. The maximum atomic E-state index is 6.11. The summed E-state index contributed by atoms with van der Waals surface area (Å²) in [7, 11) is 0. The van der Waals surface area contributed by atoms with Gasteiger partial charge in [-0.25, -0.2) is 0 Å². The van der Waals surface area contributed by atoms with Crippen LogP contribution in [0.5, 0.6) is 0 Å². The summed E-state index contributed by atoms with van der Waals surface area (Å²) in [6.45, 7) is 1.31. The van der Waals surface area contributed by atoms with Crippen molar-refractivity contribution < 1.29 is 0 Å². The minimum atomic E-state index is 0.483. The second-order valence-electron chi connectivity index (χ2n) is 5.05. The van der Waals surface area contributed by atoms with Crippen molar-refractivity contribution in [3.05, 3.63) is 0 Å². The summed E-state index contributed by atoms with van der Waals surface area (Å²) in [6.07, 6.45) is 10.3. The second kappa shape index (κ2) is 5.55. The average molecular weight is 228 g/mol. The number of piperidine rings is 2. The van der Waals surface area contributed by atoms with Gasteiger partial charge in [0.1, 0.15) is 0 Å². The smallest absolute Gasteiger partial charge is 0.0113 e. The van der Waals surface area contributed by atoms with Crippen molar-refractivity contribution in [2.24, 2.45) is 5.73 Å². The first-order chi connectivity index (χ1) is 7.31. The standard InChI is InChI=1S/C12H24N2S/c1-15-7-3-6-14-11-4-2-5-12(14)9-10(13)8-11/h10-12H,2-9,13H2,1H3. The van der Waals surface area contributed by atoms with Crippen LogP contribution in [0.15, 0.2) is 0 Å². The fraction of sp³-hybridized carbons (Fsp3) is 1.00. The predicted molar refractivity (Wildman–Crippen MR) is 68.3 cm³/mol. The number of hydrogen-bond acceptors (Lipinski definition) is 3. The van der Waals surface area contributed by atoms with E-state index in [1.54, 1.807) is 0 Å². The van der Waals surface area contributed by atoms with Crippen molar-refractivity contribution in [2.75, 3.05) is 18.6 Å². The molecule has 0 aromatic rings. The quantitative estimate of drug-likeness (QED) is 0.747. The van der Waals surface area contributed by atoms with Gasteiger partial charge in [-0.1, -0.05) is 6.42 Å². The lowest BCUT2D eigenvalue weighted by Crippen LogP contribution is -2.55. The van der Waals surface area contributed by atoms with Crippen LogP contribution in [-0.4, -0.2) is 41.6 Å². The zero-order valence-corrected chi connectivity index (χ0v) is 10.6. The Morgan fingerprint density at radius 2 is 1.93 bits per heavy atom. The molecule has 0 amide bonds. The van der Waals surface area contributed by atoms with Gasteiger partial charge in [-0.2, -0.15) is 11.8 Å². The molecule has 2 nitrogen and oxygen atoms in total. The first-order valence-electron chi connectivity index (χ1n) is 6.31. The highest BCUT2D eigenvalue weighted by Gasteiger charge is 2.36. The number of rotatable bonds is 4. The molecular weight excluding hydrogens is 204 g/mol. The average Bonchev–Trinajstić information content (AvgIpc) is 2.19. The van der Waals surface area contributed by atoms with E-state index in [0.29, 0.717) is 6.04 Å². The van der Waals surface area contributed by atoms with Crippen LogP contribution in [0.4, 0.5) is 0 Å². The molecule has 0 spiro atoms. The molecule has 88 valence electrons. The molecule has 2 bridgehead atoms. The first-order valence-corrected chi connectivity index (χ1v) is 7.71. The highest BCUT2D eigenvalue weighted by atomic mass is 32.2. The van der Waals surface area contributed by atoms with E-state index in [-0.39, 0.29) is 0 Å². The van der Waals surface area contributed by atoms with E-state index in [9.17, 15) is 0 Å². The summed E-state index contributed by atoms with van der Waals surface area (Å²) < 4.78 is 0. The summed E-state index contributed by atoms with van der Waals surface area (Å²) in [5.41, 5.74) is 6.11. The summed E-state index contributed by atoms with van der Waals surface area (Å²) in [4.78, 5) is 2.77. The van der Waals surface area contributed by atoms with Crippen molar-refractivity contribution in [2.45, 2.75) is 56.7 Å². The van der Waals surface area contributed by atoms with Crippen molar-refractivity contribution in [3.8, 4) is 0 Å². The highest BCUT2D eigenvalue weighted by Crippen LogP contribution is 2.33. The van der Waals surface area contributed by atoms with Crippen LogP contribution in [0.1, 0.15) is 38.5 Å². The molecule has 0 aromatic carbocycles. The molecule has 0 radical (unpaired) electrons. The summed E-state index contributed by atoms with van der Waals surface area (Å²) >= 11 is 1.97. The number of thioether (sulfide) groups is 1. The third kappa shape index (κ3) is 2.89. The number of nitrogens with two attached hydrogens (primary N) is 1. The normalized spacial score (nSPS) is 36.8. The Labute approximate surface area is 98.0 Å². The third-order valence-corrected chi connectivity index (χ3v) is 4.62. The Kier molecular flexibility index (Phi) is 4.35. The molecule has 2 rings (SSSR count). The molecule has 0 aromatic heterocycles. The van der Waals surface area contributed by atoms with Gasteiger partial charge in [0.2, 0.25) is 0 Å². The van der Waals surface area contributed by atoms with Crippen molar-refractivity contribution >= 4 is 11.8 Å². The van der Waals surface area contributed by atoms with Crippen LogP contribution < -0.4 is 5.73 Å². The lowest BCUT2D eigenvalue weighted by atomic mass is 9.82. The lowest BCUT2D eigenvalue weighted by molar-refractivity contribution is 0.0321. The highest BCUT2D eigenvalue weighted by molar-refractivity contribution is 7.98. The number of hydrogen-bond donors (Lipinski definition) is 1. The zero-order chi connectivity index (χ0) is 10.7. The molecule has 0 saturated carbocycles. The molecular formula is C12H24N2S. The molecule has 2 atom stereocenters. The third-order valence-electron chi connectivity index (χ3n) is 3.93. The maximum Gasteiger partial charge on any atom is 0.0113 e. The van der Waals surface area contributed by atoms with Crippen LogP contribution in [-0.2, 0) is 0 Å². The van der Waals surface area contributed by atoms with Crippen LogP contribution in [0.25, 0.3) is 0 Å². The Morgan fingerprint density at radius 1 is 1.27 bits per heavy atom. The van der Waals surface area contributed by atoms with Gasteiger partial charge in [-0.3, -0.25) is 4.90 Å². The van der Waals surface area contributed by atoms with E-state index in [1.165, 1.54) is 50.8 Å². The van der Waals surface area contributed by atoms with Crippen LogP contribution >= 0.6 is 11.8 Å². The van der Waals surface area contributed by atoms with Crippen LogP contribution in [0, 0.1) is 0 Å². The van der Waals surface area contributed by atoms with Gasteiger partial charge in [0.05, 0.1) is 0 Å². The summed E-state index contributed by atoms with van der Waals surface area (Å²) in [6, 6.07) is 2.11. The van der Waals surface area contributed by atoms with E-state index >= 15 is 0 Å². The first kappa shape index (κ1) is 11.7. The molecule has 2 aliphatic heterocycles. The fourth-order valence-electron chi connectivity index (χ4n) is 3.28. The largest absolute Gasteiger partial charge is 0.328 e. The Morgan fingerprint density at radius 3 is 2.53 bits per heavy atom. The van der Waals surface area contributed by atoms with Crippen LogP contribution in [0.2, 0.25) is 0 Å². The maximum absolute atomic E-state index is 6.11. The molecule has 15 heavy (non-hydrogen) atoms. The monoisotopic (exact) mass is 228 g/mol. The molecule has 2 saturated heterocycles. The fourth-order valence-corrected chi connectivity index (χ4v) is 3.69. The molecule has 2 N–H and O–H groups in total. The molecule has 0 aliphatic carbocycles. The molecule has 2 fully saturated rings. The molecule has 3 heteroatoms. The number of fused-ring (bicyclic) bond motifs is 2. The van der Waals surface area contributed by atoms with Gasteiger partial charge in [-0.05, 0) is 50.7 Å². The SMILES string of the molecule is CSCCCN1C2CCCC1CC(N)C2. The van der Waals surface area contributed by atoms with E-state index < -0.39 is 0 Å². The van der Waals surface area contributed by atoms with Gasteiger partial charge in [-0.15, -0.1) is 0 Å². The second-order valence-corrected chi connectivity index (χ2v) is 6.04. The molecule has 2 aliphatic rings.